The van der Waals surface area contributed by atoms with E-state index in [1.807, 2.05) is 19.1 Å². The summed E-state index contributed by atoms with van der Waals surface area (Å²) in [4.78, 5) is 28.1. The number of likely N-dealkylation sites (tertiary alicyclic amines) is 1. The van der Waals surface area contributed by atoms with E-state index in [0.717, 1.165) is 36.8 Å². The molecule has 10 heteroatoms. The van der Waals surface area contributed by atoms with Gasteiger partial charge >= 0.3 is 0 Å². The van der Waals surface area contributed by atoms with Crippen LogP contribution < -0.4 is 20.7 Å². The number of primary amides is 1. The van der Waals surface area contributed by atoms with Crippen molar-refractivity contribution in [3.05, 3.63) is 34.7 Å². The second kappa shape index (κ2) is 9.56. The number of aromatic nitrogens is 2. The molecule has 182 valence electrons. The molecule has 0 bridgehead atoms. The van der Waals surface area contributed by atoms with Crippen LogP contribution in [0.2, 0.25) is 5.15 Å². The van der Waals surface area contributed by atoms with Crippen LogP contribution in [0.4, 0.5) is 17.2 Å². The predicted molar refractivity (Wildman–Crippen MR) is 133 cm³/mol. The van der Waals surface area contributed by atoms with Gasteiger partial charge in [0.2, 0.25) is 0 Å². The Kier molecular flexibility index (Phi) is 6.50. The number of nitrogens with zero attached hydrogens (tertiary/aromatic N) is 5. The molecule has 2 saturated heterocycles. The monoisotopic (exact) mass is 485 g/mol. The summed E-state index contributed by atoms with van der Waals surface area (Å²) >= 11 is 6.24. The maximum absolute atomic E-state index is 11.9. The van der Waals surface area contributed by atoms with E-state index in [4.69, 9.17) is 22.1 Å². The van der Waals surface area contributed by atoms with Crippen LogP contribution in [-0.4, -0.2) is 84.1 Å². The average Bonchev–Trinajstić information content (AvgIpc) is 2.84. The number of aryl methyl sites for hydroxylation is 1. The Bertz CT molecular complexity index is 1070. The average molecular weight is 486 g/mol. The lowest BCUT2D eigenvalue weighted by Crippen LogP contribution is -2.60. The second-order valence-corrected chi connectivity index (χ2v) is 9.73. The third-order valence-electron chi connectivity index (χ3n) is 7.17. The van der Waals surface area contributed by atoms with Crippen LogP contribution in [0.25, 0.3) is 0 Å². The molecule has 0 spiro atoms. The molecule has 4 heterocycles. The summed E-state index contributed by atoms with van der Waals surface area (Å²) in [5.74, 6) is 0.412. The van der Waals surface area contributed by atoms with Crippen molar-refractivity contribution in [3.8, 4) is 5.75 Å². The Labute approximate surface area is 205 Å². The third-order valence-corrected chi connectivity index (χ3v) is 7.47. The number of carbonyl (C=O) groups excluding carboxylic acids is 1. The Balaban J connectivity index is 1.31. The van der Waals surface area contributed by atoms with Crippen molar-refractivity contribution in [2.45, 2.75) is 38.3 Å². The normalized spacial score (nSPS) is 21.5. The van der Waals surface area contributed by atoms with Gasteiger partial charge in [-0.3, -0.25) is 9.69 Å². The molecule has 34 heavy (non-hydrogen) atoms. The summed E-state index contributed by atoms with van der Waals surface area (Å²) in [6, 6.07) is 6.99. The third kappa shape index (κ3) is 4.52. The van der Waals surface area contributed by atoms with E-state index in [-0.39, 0.29) is 16.7 Å². The lowest BCUT2D eigenvalue weighted by molar-refractivity contribution is 0.0868. The van der Waals surface area contributed by atoms with Gasteiger partial charge < -0.3 is 25.6 Å². The summed E-state index contributed by atoms with van der Waals surface area (Å²) in [6.07, 6.45) is 3.05. The van der Waals surface area contributed by atoms with Crippen molar-refractivity contribution < 1.29 is 9.53 Å². The molecule has 0 radical (unpaired) electrons. The largest absolute Gasteiger partial charge is 0.489 e. The molecule has 0 aliphatic carbocycles. The van der Waals surface area contributed by atoms with E-state index in [0.29, 0.717) is 30.8 Å². The lowest BCUT2D eigenvalue weighted by Gasteiger charge is -2.48. The molecule has 0 saturated carbocycles. The fourth-order valence-corrected chi connectivity index (χ4v) is 5.49. The summed E-state index contributed by atoms with van der Waals surface area (Å²) in [6.45, 7) is 8.01. The van der Waals surface area contributed by atoms with Gasteiger partial charge in [0, 0.05) is 37.4 Å². The standard InChI is InChI=1S/C24H32ClN7O2/c1-3-18-22(25)29-24(21(28-18)23(26)33)27-15-4-5-19-20(12-15)34-14-17-13-31(10-11-32(17)19)16-6-8-30(2)9-7-16/h4-5,12,16-17H,3,6-11,13-14H2,1-2H3,(H2,26,33)(H,27,29). The summed E-state index contributed by atoms with van der Waals surface area (Å²) in [5, 5.41) is 3.41. The molecule has 2 fully saturated rings. The molecular formula is C24H32ClN7O2. The van der Waals surface area contributed by atoms with E-state index in [2.05, 4.69) is 43.1 Å². The van der Waals surface area contributed by atoms with E-state index in [9.17, 15) is 4.79 Å². The van der Waals surface area contributed by atoms with Crippen LogP contribution >= 0.6 is 11.6 Å². The van der Waals surface area contributed by atoms with Crippen molar-refractivity contribution in [2.75, 3.05) is 56.6 Å². The molecule has 3 aliphatic heterocycles. The number of piperidine rings is 1. The zero-order valence-electron chi connectivity index (χ0n) is 19.8. The topological polar surface area (TPSA) is 99.8 Å². The molecule has 1 amide bonds. The van der Waals surface area contributed by atoms with Crippen LogP contribution in [0.3, 0.4) is 0 Å². The van der Waals surface area contributed by atoms with Crippen LogP contribution in [-0.2, 0) is 6.42 Å². The van der Waals surface area contributed by atoms with Gasteiger partial charge in [-0.15, -0.1) is 0 Å². The minimum Gasteiger partial charge on any atom is -0.489 e. The van der Waals surface area contributed by atoms with Gasteiger partial charge in [0.15, 0.2) is 16.7 Å². The Morgan fingerprint density at radius 3 is 2.74 bits per heavy atom. The number of fused-ring (bicyclic) bond motifs is 3. The fraction of sp³-hybridized carbons (Fsp3) is 0.542. The van der Waals surface area contributed by atoms with Crippen molar-refractivity contribution in [2.24, 2.45) is 5.73 Å². The number of piperazine rings is 1. The summed E-state index contributed by atoms with van der Waals surface area (Å²) in [5.41, 5.74) is 7.99. The summed E-state index contributed by atoms with van der Waals surface area (Å²) < 4.78 is 6.19. The molecule has 2 aromatic rings. The van der Waals surface area contributed by atoms with Gasteiger partial charge in [0.05, 0.1) is 17.4 Å². The van der Waals surface area contributed by atoms with E-state index in [1.54, 1.807) is 0 Å². The minimum atomic E-state index is -0.652. The molecule has 1 atom stereocenters. The number of halogens is 1. The molecule has 3 aliphatic rings. The number of anilines is 3. The number of nitrogens with one attached hydrogen (secondary N) is 1. The number of amides is 1. The van der Waals surface area contributed by atoms with Gasteiger partial charge in [-0.1, -0.05) is 18.5 Å². The Morgan fingerprint density at radius 2 is 2.00 bits per heavy atom. The molecule has 5 rings (SSSR count). The van der Waals surface area contributed by atoms with Crippen LogP contribution in [0.1, 0.15) is 35.9 Å². The number of nitrogens with two attached hydrogens (primary N) is 1. The maximum atomic E-state index is 11.9. The van der Waals surface area contributed by atoms with Crippen molar-refractivity contribution >= 4 is 34.7 Å². The highest BCUT2D eigenvalue weighted by atomic mass is 35.5. The number of carbonyl (C=O) groups is 1. The number of benzene rings is 1. The second-order valence-electron chi connectivity index (χ2n) is 9.37. The zero-order valence-corrected chi connectivity index (χ0v) is 20.5. The van der Waals surface area contributed by atoms with Gasteiger partial charge in [0.25, 0.3) is 5.91 Å². The highest BCUT2D eigenvalue weighted by molar-refractivity contribution is 6.30. The SMILES string of the molecule is CCc1nc(C(N)=O)c(Nc2ccc3c(c2)OCC2CN(C4CCN(C)CC4)CCN32)nc1Cl. The van der Waals surface area contributed by atoms with E-state index >= 15 is 0 Å². The zero-order chi connectivity index (χ0) is 23.8. The quantitative estimate of drug-likeness (QED) is 0.666. The first-order chi connectivity index (χ1) is 16.4. The van der Waals surface area contributed by atoms with Crippen molar-refractivity contribution in [1.29, 1.82) is 0 Å². The molecule has 3 N–H and O–H groups in total. The molecule has 1 aromatic carbocycles. The fourth-order valence-electron chi connectivity index (χ4n) is 5.23. The smallest absolute Gasteiger partial charge is 0.271 e. The Morgan fingerprint density at radius 1 is 1.21 bits per heavy atom. The highest BCUT2D eigenvalue weighted by Crippen LogP contribution is 2.38. The van der Waals surface area contributed by atoms with Crippen LogP contribution in [0.15, 0.2) is 18.2 Å². The maximum Gasteiger partial charge on any atom is 0.271 e. The van der Waals surface area contributed by atoms with Crippen molar-refractivity contribution in [3.63, 3.8) is 0 Å². The molecule has 1 unspecified atom stereocenters. The summed E-state index contributed by atoms with van der Waals surface area (Å²) in [7, 11) is 2.21. The van der Waals surface area contributed by atoms with Crippen LogP contribution in [0.5, 0.6) is 5.75 Å². The molecule has 9 nitrogen and oxygen atoms in total. The Hall–Kier alpha value is -2.62. The van der Waals surface area contributed by atoms with Gasteiger partial charge in [-0.25, -0.2) is 9.97 Å². The molecular weight excluding hydrogens is 454 g/mol. The number of ether oxygens (including phenoxy) is 1. The van der Waals surface area contributed by atoms with Gasteiger partial charge in [-0.2, -0.15) is 0 Å². The highest BCUT2D eigenvalue weighted by Gasteiger charge is 2.36. The van der Waals surface area contributed by atoms with Gasteiger partial charge in [0.1, 0.15) is 12.4 Å². The van der Waals surface area contributed by atoms with E-state index in [1.165, 1.54) is 25.9 Å². The van der Waals surface area contributed by atoms with E-state index < -0.39 is 5.91 Å². The first kappa shape index (κ1) is 23.1. The minimum absolute atomic E-state index is 0.0741. The van der Waals surface area contributed by atoms with Gasteiger partial charge in [-0.05, 0) is 51.5 Å². The predicted octanol–water partition coefficient (Wildman–Crippen LogP) is 2.51. The first-order valence-electron chi connectivity index (χ1n) is 12.0. The first-order valence-corrected chi connectivity index (χ1v) is 12.4. The number of hydrogen-bond acceptors (Lipinski definition) is 8. The number of hydrogen-bond donors (Lipinski definition) is 2. The number of rotatable bonds is 5. The lowest BCUT2D eigenvalue weighted by atomic mass is 10.00. The molecule has 1 aromatic heterocycles. The van der Waals surface area contributed by atoms with Crippen LogP contribution in [0, 0.1) is 0 Å². The van der Waals surface area contributed by atoms with Crippen molar-refractivity contribution in [1.82, 2.24) is 19.8 Å².